The normalized spacial score (nSPS) is 18.2. The predicted octanol–water partition coefficient (Wildman–Crippen LogP) is -0.890. The highest BCUT2D eigenvalue weighted by Crippen LogP contribution is 2.11. The fraction of sp³-hybridized carbons (Fsp3) is 0.917. The summed E-state index contributed by atoms with van der Waals surface area (Å²) in [5, 5.41) is 0. The second-order valence-corrected chi connectivity index (χ2v) is 8.04. The van der Waals surface area contributed by atoms with E-state index in [4.69, 9.17) is 13.3 Å². The van der Waals surface area contributed by atoms with Crippen molar-refractivity contribution in [3.05, 3.63) is 0 Å². The Kier molecular flexibility index (Phi) is 7.07. The molecule has 1 rings (SSSR count). The first-order chi connectivity index (χ1) is 9.46. The molecule has 0 aromatic rings. The Morgan fingerprint density at radius 1 is 1.00 bits per heavy atom. The molecule has 0 aliphatic carbocycles. The molecule has 1 amide bonds. The molecule has 0 spiro atoms. The van der Waals surface area contributed by atoms with Crippen LogP contribution in [0.25, 0.3) is 0 Å². The second kappa shape index (κ2) is 8.06. The molecule has 0 N–H and O–H groups in total. The van der Waals surface area contributed by atoms with Crippen molar-refractivity contribution < 1.29 is 18.1 Å². The van der Waals surface area contributed by atoms with Crippen molar-refractivity contribution in [3.63, 3.8) is 0 Å². The van der Waals surface area contributed by atoms with E-state index in [1.54, 1.807) is 40.3 Å². The topological polar surface area (TPSA) is 54.5 Å². The third kappa shape index (κ3) is 4.79. The summed E-state index contributed by atoms with van der Waals surface area (Å²) in [5.41, 5.74) is 0. The van der Waals surface area contributed by atoms with Gasteiger partial charge in [0.05, 0.1) is 12.7 Å². The fourth-order valence-electron chi connectivity index (χ4n) is 2.16. The average Bonchev–Trinajstić information content (AvgIpc) is 2.46. The first kappa shape index (κ1) is 17.5. The maximum Gasteiger partial charge on any atom is 0.514 e. The van der Waals surface area contributed by atoms with E-state index in [2.05, 4.69) is 9.80 Å². The highest BCUT2D eigenvalue weighted by molar-refractivity contribution is 6.60. The van der Waals surface area contributed by atoms with Gasteiger partial charge in [-0.1, -0.05) is 0 Å². The van der Waals surface area contributed by atoms with Gasteiger partial charge in [-0.2, -0.15) is 0 Å². The summed E-state index contributed by atoms with van der Waals surface area (Å²) in [4.78, 5) is 17.8. The van der Waals surface area contributed by atoms with Crippen molar-refractivity contribution in [1.29, 1.82) is 0 Å². The summed E-state index contributed by atoms with van der Waals surface area (Å²) in [6.45, 7) is 4.03. The van der Waals surface area contributed by atoms with Crippen molar-refractivity contribution in [2.75, 3.05) is 74.3 Å². The van der Waals surface area contributed by atoms with E-state index in [1.807, 2.05) is 0 Å². The zero-order valence-corrected chi connectivity index (χ0v) is 14.2. The minimum atomic E-state index is -2.54. The number of likely N-dealkylation sites (N-methyl/N-ethyl adjacent to an activating group) is 1. The molecule has 0 aromatic carbocycles. The van der Waals surface area contributed by atoms with Gasteiger partial charge in [0.15, 0.2) is 0 Å². The highest BCUT2D eigenvalue weighted by atomic mass is 28.4. The molecule has 20 heavy (non-hydrogen) atoms. The monoisotopic (exact) mass is 305 g/mol. The molecule has 1 aliphatic heterocycles. The molecule has 0 radical (unpaired) electrons. The van der Waals surface area contributed by atoms with Crippen LogP contribution in [0, 0.1) is 0 Å². The molecule has 1 aliphatic rings. The van der Waals surface area contributed by atoms with Gasteiger partial charge in [0.2, 0.25) is 5.91 Å². The Hall–Kier alpha value is -0.513. The third-order valence-electron chi connectivity index (χ3n) is 3.67. The number of nitrogens with zero attached hydrogens (tertiary/aromatic N) is 3. The van der Waals surface area contributed by atoms with Crippen LogP contribution in [0.1, 0.15) is 0 Å². The van der Waals surface area contributed by atoms with E-state index < -0.39 is 8.80 Å². The van der Waals surface area contributed by atoms with Gasteiger partial charge in [-0.05, 0) is 0 Å². The van der Waals surface area contributed by atoms with Crippen LogP contribution in [-0.4, -0.2) is 104 Å². The summed E-state index contributed by atoms with van der Waals surface area (Å²) in [7, 11) is 5.92. The van der Waals surface area contributed by atoms with Gasteiger partial charge in [-0.25, -0.2) is 0 Å². The smallest absolute Gasteiger partial charge is 0.376 e. The molecule has 7 nitrogen and oxygen atoms in total. The Morgan fingerprint density at radius 2 is 1.45 bits per heavy atom. The van der Waals surface area contributed by atoms with Crippen molar-refractivity contribution in [3.8, 4) is 0 Å². The van der Waals surface area contributed by atoms with Crippen LogP contribution in [0.3, 0.4) is 0 Å². The van der Waals surface area contributed by atoms with Crippen molar-refractivity contribution >= 4 is 14.7 Å². The summed E-state index contributed by atoms with van der Waals surface area (Å²) in [6.07, 6.45) is 0.686. The van der Waals surface area contributed by atoms with Crippen molar-refractivity contribution in [2.24, 2.45) is 0 Å². The SMILES string of the molecule is CO[Si](CN1CCN(CC(=O)N(C)C)CC1)(OC)OC. The number of piperazine rings is 1. The van der Waals surface area contributed by atoms with Gasteiger partial charge in [0.25, 0.3) is 0 Å². The van der Waals surface area contributed by atoms with Crippen LogP contribution in [0.4, 0.5) is 0 Å². The molecule has 0 atom stereocenters. The number of carbonyl (C=O) groups excluding carboxylic acids is 1. The molecule has 1 fully saturated rings. The van der Waals surface area contributed by atoms with Crippen LogP contribution >= 0.6 is 0 Å². The van der Waals surface area contributed by atoms with Gasteiger partial charge in [-0.15, -0.1) is 0 Å². The lowest BCUT2D eigenvalue weighted by Crippen LogP contribution is -2.58. The number of rotatable bonds is 7. The largest absolute Gasteiger partial charge is 0.514 e. The van der Waals surface area contributed by atoms with E-state index in [9.17, 15) is 4.79 Å². The minimum absolute atomic E-state index is 0.146. The van der Waals surface area contributed by atoms with Crippen LogP contribution in [0.15, 0.2) is 0 Å². The van der Waals surface area contributed by atoms with Crippen molar-refractivity contribution in [1.82, 2.24) is 14.7 Å². The highest BCUT2D eigenvalue weighted by Gasteiger charge is 2.40. The van der Waals surface area contributed by atoms with E-state index in [-0.39, 0.29) is 5.91 Å². The molecular weight excluding hydrogens is 278 g/mol. The molecule has 8 heteroatoms. The minimum Gasteiger partial charge on any atom is -0.376 e. The maximum absolute atomic E-state index is 11.7. The number of amides is 1. The van der Waals surface area contributed by atoms with Crippen LogP contribution in [-0.2, 0) is 18.1 Å². The van der Waals surface area contributed by atoms with Crippen LogP contribution < -0.4 is 0 Å². The Labute approximate surface area is 122 Å². The van der Waals surface area contributed by atoms with Gasteiger partial charge >= 0.3 is 8.80 Å². The van der Waals surface area contributed by atoms with Gasteiger partial charge in [0.1, 0.15) is 0 Å². The molecule has 0 saturated carbocycles. The van der Waals surface area contributed by atoms with Gasteiger partial charge in [0, 0.05) is 61.6 Å². The second-order valence-electron chi connectivity index (χ2n) is 5.14. The standard InChI is InChI=1S/C12H27N3O4Si/c1-13(2)12(16)10-14-6-8-15(9-7-14)11-20(17-3,18-4)19-5/h6-11H2,1-5H3. The maximum atomic E-state index is 11.7. The Balaban J connectivity index is 2.40. The molecule has 0 unspecified atom stereocenters. The van der Waals surface area contributed by atoms with Gasteiger partial charge < -0.3 is 18.2 Å². The summed E-state index contributed by atoms with van der Waals surface area (Å²) < 4.78 is 16.3. The molecule has 1 heterocycles. The molecule has 1 saturated heterocycles. The Bertz CT molecular complexity index is 297. The fourth-order valence-corrected chi connectivity index (χ4v) is 3.91. The predicted molar refractivity (Wildman–Crippen MR) is 78.4 cm³/mol. The first-order valence-corrected chi connectivity index (χ1v) is 8.70. The molecule has 118 valence electrons. The summed E-state index contributed by atoms with van der Waals surface area (Å²) >= 11 is 0. The Morgan fingerprint density at radius 3 is 1.85 bits per heavy atom. The molecule has 0 aromatic heterocycles. The summed E-state index contributed by atoms with van der Waals surface area (Å²) in [6, 6.07) is 0. The first-order valence-electron chi connectivity index (χ1n) is 6.76. The third-order valence-corrected chi connectivity index (χ3v) is 6.37. The number of carbonyl (C=O) groups is 1. The van der Waals surface area contributed by atoms with Gasteiger partial charge in [-0.3, -0.25) is 14.6 Å². The lowest BCUT2D eigenvalue weighted by atomic mass is 10.3. The molecule has 0 bridgehead atoms. The zero-order chi connectivity index (χ0) is 15.2. The number of hydrogen-bond acceptors (Lipinski definition) is 6. The summed E-state index contributed by atoms with van der Waals surface area (Å²) in [5.74, 6) is 0.146. The lowest BCUT2D eigenvalue weighted by molar-refractivity contribution is -0.130. The average molecular weight is 305 g/mol. The van der Waals surface area contributed by atoms with Crippen molar-refractivity contribution in [2.45, 2.75) is 0 Å². The van der Waals surface area contributed by atoms with Crippen LogP contribution in [0.2, 0.25) is 0 Å². The van der Waals surface area contributed by atoms with E-state index in [1.165, 1.54) is 0 Å². The quantitative estimate of drug-likeness (QED) is 0.569. The van der Waals surface area contributed by atoms with E-state index in [0.29, 0.717) is 12.7 Å². The van der Waals surface area contributed by atoms with E-state index >= 15 is 0 Å². The zero-order valence-electron chi connectivity index (χ0n) is 13.2. The molecular formula is C12H27N3O4Si. The number of hydrogen-bond donors (Lipinski definition) is 0. The lowest BCUT2D eigenvalue weighted by Gasteiger charge is -2.37. The van der Waals surface area contributed by atoms with Crippen LogP contribution in [0.5, 0.6) is 0 Å². The van der Waals surface area contributed by atoms with E-state index in [0.717, 1.165) is 26.2 Å².